The predicted octanol–water partition coefficient (Wildman–Crippen LogP) is 6.10. The zero-order chi connectivity index (χ0) is 23.4. The Labute approximate surface area is 204 Å². The number of rotatable bonds is 8. The maximum Gasteiger partial charge on any atom is 0.338 e. The number of nitrogens with zero attached hydrogens (tertiary/aromatic N) is 3. The van der Waals surface area contributed by atoms with E-state index in [-0.39, 0.29) is 11.8 Å². The third-order valence-electron chi connectivity index (χ3n) is 5.28. The van der Waals surface area contributed by atoms with Crippen molar-refractivity contribution in [2.24, 2.45) is 0 Å². The number of esters is 1. The van der Waals surface area contributed by atoms with Crippen LogP contribution in [0, 0.1) is 5.82 Å². The van der Waals surface area contributed by atoms with Crippen LogP contribution in [0.4, 0.5) is 10.3 Å². The van der Waals surface area contributed by atoms with Crippen molar-refractivity contribution in [1.29, 1.82) is 0 Å². The van der Waals surface area contributed by atoms with Crippen molar-refractivity contribution < 1.29 is 13.9 Å². The number of aromatic nitrogens is 3. The molecule has 0 amide bonds. The maximum absolute atomic E-state index is 14.0. The largest absolute Gasteiger partial charge is 0.462 e. The Bertz CT molecular complexity index is 1180. The lowest BCUT2D eigenvalue weighted by molar-refractivity contribution is -0.139. The highest BCUT2D eigenvalue weighted by Crippen LogP contribution is 2.37. The lowest BCUT2D eigenvalue weighted by Crippen LogP contribution is -2.29. The van der Waals surface area contributed by atoms with E-state index in [0.717, 1.165) is 22.9 Å². The Morgan fingerprint density at radius 3 is 2.73 bits per heavy atom. The first-order chi connectivity index (χ1) is 16.0. The van der Waals surface area contributed by atoms with Crippen LogP contribution in [0.25, 0.3) is 0 Å². The molecule has 0 aliphatic carbocycles. The molecule has 172 valence electrons. The quantitative estimate of drug-likeness (QED) is 0.215. The van der Waals surface area contributed by atoms with Crippen molar-refractivity contribution in [2.45, 2.75) is 43.6 Å². The van der Waals surface area contributed by atoms with Crippen molar-refractivity contribution in [1.82, 2.24) is 14.8 Å². The van der Waals surface area contributed by atoms with E-state index in [1.54, 1.807) is 22.9 Å². The molecule has 9 heteroatoms. The van der Waals surface area contributed by atoms with E-state index in [9.17, 15) is 9.18 Å². The third-order valence-corrected chi connectivity index (χ3v) is 6.70. The number of anilines is 1. The number of thioether (sulfide) groups is 1. The van der Waals surface area contributed by atoms with Crippen LogP contribution in [-0.2, 0) is 15.3 Å². The summed E-state index contributed by atoms with van der Waals surface area (Å²) in [6.07, 6.45) is 1.75. The first-order valence-corrected chi connectivity index (χ1v) is 12.5. The van der Waals surface area contributed by atoms with Crippen LogP contribution >= 0.6 is 27.7 Å². The van der Waals surface area contributed by atoms with Gasteiger partial charge in [0.2, 0.25) is 11.1 Å². The SMILES string of the molecule is CCCCOC(=O)C1=C(C)Nc2nc(SCc3ccccc3F)nn2C1c1ccc(Br)cc1. The molecule has 1 unspecified atom stereocenters. The second-order valence-corrected chi connectivity index (χ2v) is 9.51. The van der Waals surface area contributed by atoms with Gasteiger partial charge in [0.15, 0.2) is 0 Å². The summed E-state index contributed by atoms with van der Waals surface area (Å²) in [5.41, 5.74) is 2.65. The van der Waals surface area contributed by atoms with Crippen molar-refractivity contribution in [3.8, 4) is 0 Å². The maximum atomic E-state index is 14.0. The lowest BCUT2D eigenvalue weighted by Gasteiger charge is -2.28. The number of allylic oxidation sites excluding steroid dienone is 1. The minimum Gasteiger partial charge on any atom is -0.462 e. The van der Waals surface area contributed by atoms with E-state index in [1.807, 2.05) is 38.1 Å². The van der Waals surface area contributed by atoms with E-state index in [1.165, 1.54) is 17.8 Å². The fourth-order valence-corrected chi connectivity index (χ4v) is 4.63. The van der Waals surface area contributed by atoms with Crippen LogP contribution in [-0.4, -0.2) is 27.3 Å². The van der Waals surface area contributed by atoms with E-state index < -0.39 is 6.04 Å². The summed E-state index contributed by atoms with van der Waals surface area (Å²) in [6, 6.07) is 13.9. The summed E-state index contributed by atoms with van der Waals surface area (Å²) >= 11 is 4.81. The van der Waals surface area contributed by atoms with Gasteiger partial charge in [0.05, 0.1) is 12.2 Å². The Morgan fingerprint density at radius 1 is 1.24 bits per heavy atom. The summed E-state index contributed by atoms with van der Waals surface area (Å²) in [7, 11) is 0. The molecule has 6 nitrogen and oxygen atoms in total. The van der Waals surface area contributed by atoms with Crippen molar-refractivity contribution in [3.05, 3.63) is 81.2 Å². The molecule has 1 N–H and O–H groups in total. The van der Waals surface area contributed by atoms with Gasteiger partial charge in [-0.1, -0.05) is 71.4 Å². The number of nitrogens with one attached hydrogen (secondary N) is 1. The number of hydrogen-bond donors (Lipinski definition) is 1. The number of benzene rings is 2. The van der Waals surface area contributed by atoms with Crippen LogP contribution in [0.15, 0.2) is 69.4 Å². The van der Waals surface area contributed by atoms with Crippen LogP contribution in [0.2, 0.25) is 0 Å². The molecule has 0 saturated heterocycles. The van der Waals surface area contributed by atoms with E-state index >= 15 is 0 Å². The molecule has 2 heterocycles. The molecule has 1 atom stereocenters. The molecule has 2 aromatic carbocycles. The van der Waals surface area contributed by atoms with E-state index in [4.69, 9.17) is 4.74 Å². The van der Waals surface area contributed by atoms with E-state index in [0.29, 0.717) is 40.3 Å². The zero-order valence-corrected chi connectivity index (χ0v) is 20.7. The molecule has 0 fully saturated rings. The summed E-state index contributed by atoms with van der Waals surface area (Å²) < 4.78 is 22.2. The Hall–Kier alpha value is -2.65. The minimum absolute atomic E-state index is 0.255. The van der Waals surface area contributed by atoms with Crippen LogP contribution in [0.5, 0.6) is 0 Å². The van der Waals surface area contributed by atoms with Gasteiger partial charge in [0, 0.05) is 15.9 Å². The minimum atomic E-state index is -0.487. The van der Waals surface area contributed by atoms with Gasteiger partial charge < -0.3 is 10.1 Å². The summed E-state index contributed by atoms with van der Waals surface area (Å²) in [4.78, 5) is 17.7. The highest BCUT2D eigenvalue weighted by molar-refractivity contribution is 9.10. The van der Waals surface area contributed by atoms with Crippen molar-refractivity contribution in [2.75, 3.05) is 11.9 Å². The van der Waals surface area contributed by atoms with Crippen LogP contribution < -0.4 is 5.32 Å². The molecule has 0 radical (unpaired) electrons. The van der Waals surface area contributed by atoms with Gasteiger partial charge >= 0.3 is 5.97 Å². The predicted molar refractivity (Wildman–Crippen MR) is 130 cm³/mol. The van der Waals surface area contributed by atoms with Gasteiger partial charge in [0.25, 0.3) is 0 Å². The lowest BCUT2D eigenvalue weighted by atomic mass is 9.96. The summed E-state index contributed by atoms with van der Waals surface area (Å²) in [5, 5.41) is 8.36. The molecular formula is C24H24BrFN4O2S. The molecule has 3 aromatic rings. The highest BCUT2D eigenvalue weighted by atomic mass is 79.9. The average Bonchev–Trinajstić information content (AvgIpc) is 3.20. The Kier molecular flexibility index (Phi) is 7.49. The molecule has 4 rings (SSSR count). The van der Waals surface area contributed by atoms with Gasteiger partial charge in [-0.05, 0) is 42.7 Å². The number of fused-ring (bicyclic) bond motifs is 1. The van der Waals surface area contributed by atoms with Crippen LogP contribution in [0.3, 0.4) is 0 Å². The Balaban J connectivity index is 1.66. The molecule has 0 saturated carbocycles. The number of hydrogen-bond acceptors (Lipinski definition) is 6. The summed E-state index contributed by atoms with van der Waals surface area (Å²) in [6.45, 7) is 4.26. The Morgan fingerprint density at radius 2 is 2.00 bits per heavy atom. The van der Waals surface area contributed by atoms with Gasteiger partial charge in [-0.15, -0.1) is 5.10 Å². The fraction of sp³-hybridized carbons (Fsp3) is 0.292. The first kappa shape index (κ1) is 23.5. The molecule has 1 aromatic heterocycles. The van der Waals surface area contributed by atoms with Gasteiger partial charge in [-0.25, -0.2) is 13.9 Å². The third kappa shape index (κ3) is 5.30. The standard InChI is InChI=1S/C24H24BrFN4O2S/c1-3-4-13-32-22(31)20-15(2)27-23-28-24(33-14-17-7-5-6-8-19(17)26)29-30(23)21(20)16-9-11-18(25)12-10-16/h5-12,21H,3-4,13-14H2,1-2H3,(H,27,28,29). The zero-order valence-electron chi connectivity index (χ0n) is 18.3. The second kappa shape index (κ2) is 10.5. The van der Waals surface area contributed by atoms with Crippen molar-refractivity contribution in [3.63, 3.8) is 0 Å². The van der Waals surface area contributed by atoms with Gasteiger partial charge in [-0.2, -0.15) is 4.98 Å². The smallest absolute Gasteiger partial charge is 0.338 e. The summed E-state index contributed by atoms with van der Waals surface area (Å²) in [5.74, 6) is 0.302. The first-order valence-electron chi connectivity index (χ1n) is 10.7. The van der Waals surface area contributed by atoms with Crippen LogP contribution in [0.1, 0.15) is 43.9 Å². The highest BCUT2D eigenvalue weighted by Gasteiger charge is 2.35. The van der Waals surface area contributed by atoms with Gasteiger partial charge in [-0.3, -0.25) is 0 Å². The number of unbranched alkanes of at least 4 members (excludes halogenated alkanes) is 1. The number of carbonyl (C=O) groups is 1. The average molecular weight is 531 g/mol. The van der Waals surface area contributed by atoms with Crippen molar-refractivity contribution >= 4 is 39.6 Å². The molecular weight excluding hydrogens is 507 g/mol. The monoisotopic (exact) mass is 530 g/mol. The normalized spacial score (nSPS) is 15.2. The molecule has 0 spiro atoms. The second-order valence-electron chi connectivity index (χ2n) is 7.65. The number of ether oxygens (including phenoxy) is 1. The number of halogens is 2. The molecule has 1 aliphatic rings. The van der Waals surface area contributed by atoms with E-state index in [2.05, 4.69) is 31.3 Å². The molecule has 33 heavy (non-hydrogen) atoms. The molecule has 0 bridgehead atoms. The van der Waals surface area contributed by atoms with Gasteiger partial charge in [0.1, 0.15) is 11.9 Å². The topological polar surface area (TPSA) is 69.0 Å². The fourth-order valence-electron chi connectivity index (χ4n) is 3.55. The molecule has 1 aliphatic heterocycles. The number of carbonyl (C=O) groups excluding carboxylic acids is 1.